The lowest BCUT2D eigenvalue weighted by atomic mass is 9.78. The van der Waals surface area contributed by atoms with E-state index in [4.69, 9.17) is 4.99 Å². The van der Waals surface area contributed by atoms with Crippen LogP contribution < -0.4 is 5.32 Å². The maximum Gasteiger partial charge on any atom is 0.244 e. The zero-order valence-electron chi connectivity index (χ0n) is 20.4. The van der Waals surface area contributed by atoms with Gasteiger partial charge in [-0.3, -0.25) is 19.9 Å². The molecule has 35 heavy (non-hydrogen) atoms. The molecule has 6 aliphatic rings. The highest BCUT2D eigenvalue weighted by Crippen LogP contribution is 2.47. The minimum Gasteiger partial charge on any atom is -0.342 e. The molecule has 3 heterocycles. The fourth-order valence-electron chi connectivity index (χ4n) is 6.81. The molecule has 2 saturated carbocycles. The summed E-state index contributed by atoms with van der Waals surface area (Å²) in [5.41, 5.74) is 2.17. The van der Waals surface area contributed by atoms with Crippen molar-refractivity contribution >= 4 is 18.0 Å². The van der Waals surface area contributed by atoms with Crippen molar-refractivity contribution in [3.05, 3.63) is 47.5 Å². The number of benzene rings is 1. The summed E-state index contributed by atoms with van der Waals surface area (Å²) < 4.78 is 0. The highest BCUT2D eigenvalue weighted by atomic mass is 16.2. The SMILES string of the molecule is O=C(C1CC1)N1CC[C@@H](CN2C(=O)C3(CC3)NC2c2ccc(C3C=CC4CCC=NC4C3)cc2)C1. The number of allylic oxidation sites excluding steroid dienone is 1. The van der Waals surface area contributed by atoms with Crippen molar-refractivity contribution in [1.29, 1.82) is 0 Å². The average Bonchev–Trinajstić information content (AvgIpc) is 3.82. The largest absolute Gasteiger partial charge is 0.342 e. The Balaban J connectivity index is 1.06. The summed E-state index contributed by atoms with van der Waals surface area (Å²) in [7, 11) is 0. The normalized spacial score (nSPS) is 35.1. The van der Waals surface area contributed by atoms with Crippen molar-refractivity contribution < 1.29 is 9.59 Å². The van der Waals surface area contributed by atoms with E-state index < -0.39 is 0 Å². The van der Waals surface area contributed by atoms with Crippen molar-refractivity contribution in [1.82, 2.24) is 15.1 Å². The van der Waals surface area contributed by atoms with Gasteiger partial charge in [0.25, 0.3) is 0 Å². The van der Waals surface area contributed by atoms with Crippen molar-refractivity contribution in [2.75, 3.05) is 19.6 Å². The summed E-state index contributed by atoms with van der Waals surface area (Å²) in [4.78, 5) is 34.8. The van der Waals surface area contributed by atoms with Gasteiger partial charge in [-0.1, -0.05) is 36.4 Å². The summed E-state index contributed by atoms with van der Waals surface area (Å²) in [6, 6.07) is 9.37. The zero-order chi connectivity index (χ0) is 23.6. The molecule has 3 aliphatic heterocycles. The molecular formula is C29H36N4O2. The summed E-state index contributed by atoms with van der Waals surface area (Å²) in [6.07, 6.45) is 15.2. The molecule has 1 N–H and O–H groups in total. The van der Waals surface area contributed by atoms with Crippen LogP contribution in [-0.4, -0.2) is 59.0 Å². The predicted molar refractivity (Wildman–Crippen MR) is 135 cm³/mol. The first-order valence-electron chi connectivity index (χ1n) is 13.8. The van der Waals surface area contributed by atoms with Crippen LogP contribution in [0.2, 0.25) is 0 Å². The van der Waals surface area contributed by atoms with Gasteiger partial charge in [-0.25, -0.2) is 0 Å². The molecule has 184 valence electrons. The van der Waals surface area contributed by atoms with E-state index in [1.165, 1.54) is 17.5 Å². The zero-order valence-corrected chi connectivity index (χ0v) is 20.4. The number of aliphatic imine (C=N–C) groups is 1. The molecule has 4 unspecified atom stereocenters. The lowest BCUT2D eigenvalue weighted by molar-refractivity contribution is -0.131. The number of amides is 2. The number of hydrogen-bond donors (Lipinski definition) is 1. The second kappa shape index (κ2) is 8.29. The van der Waals surface area contributed by atoms with Crippen LogP contribution in [0.5, 0.6) is 0 Å². The van der Waals surface area contributed by atoms with Crippen LogP contribution in [0.4, 0.5) is 0 Å². The third-order valence-electron chi connectivity index (χ3n) is 9.31. The maximum absolute atomic E-state index is 13.4. The first-order valence-corrected chi connectivity index (χ1v) is 13.8. The number of rotatable bonds is 5. The fourth-order valence-corrected chi connectivity index (χ4v) is 6.81. The van der Waals surface area contributed by atoms with Crippen LogP contribution in [-0.2, 0) is 9.59 Å². The number of carbonyl (C=O) groups is 2. The molecule has 6 nitrogen and oxygen atoms in total. The predicted octanol–water partition coefficient (Wildman–Crippen LogP) is 3.80. The number of hydrogen-bond acceptors (Lipinski definition) is 4. The summed E-state index contributed by atoms with van der Waals surface area (Å²) in [5, 5.41) is 3.69. The smallest absolute Gasteiger partial charge is 0.244 e. The van der Waals surface area contributed by atoms with Crippen molar-refractivity contribution in [3.63, 3.8) is 0 Å². The van der Waals surface area contributed by atoms with Crippen molar-refractivity contribution in [2.24, 2.45) is 22.7 Å². The average molecular weight is 473 g/mol. The Kier molecular flexibility index (Phi) is 5.16. The number of nitrogens with zero attached hydrogens (tertiary/aromatic N) is 3. The van der Waals surface area contributed by atoms with Gasteiger partial charge in [-0.05, 0) is 80.5 Å². The molecule has 6 heteroatoms. The van der Waals surface area contributed by atoms with E-state index in [0.717, 1.165) is 64.6 Å². The summed E-state index contributed by atoms with van der Waals surface area (Å²) >= 11 is 0. The monoisotopic (exact) mass is 472 g/mol. The van der Waals surface area contributed by atoms with Crippen LogP contribution >= 0.6 is 0 Å². The second-order valence-electron chi connectivity index (χ2n) is 11.8. The number of fused-ring (bicyclic) bond motifs is 1. The molecule has 0 radical (unpaired) electrons. The summed E-state index contributed by atoms with van der Waals surface area (Å²) in [6.45, 7) is 2.39. The highest BCUT2D eigenvalue weighted by molar-refractivity contribution is 5.92. The number of likely N-dealkylation sites (tertiary alicyclic amines) is 1. The van der Waals surface area contributed by atoms with E-state index in [9.17, 15) is 9.59 Å². The van der Waals surface area contributed by atoms with Gasteiger partial charge in [-0.15, -0.1) is 0 Å². The van der Waals surface area contributed by atoms with Gasteiger partial charge in [0.15, 0.2) is 0 Å². The quantitative estimate of drug-likeness (QED) is 0.663. The van der Waals surface area contributed by atoms with Crippen molar-refractivity contribution in [3.8, 4) is 0 Å². The lowest BCUT2D eigenvalue weighted by Gasteiger charge is -2.32. The molecule has 4 fully saturated rings. The molecule has 0 aromatic heterocycles. The Morgan fingerprint density at radius 1 is 1.06 bits per heavy atom. The minimum absolute atomic E-state index is 0.0681. The summed E-state index contributed by atoms with van der Waals surface area (Å²) in [5.74, 6) is 2.27. The van der Waals surface area contributed by atoms with Gasteiger partial charge >= 0.3 is 0 Å². The molecule has 5 atom stereocenters. The molecule has 1 aromatic carbocycles. The van der Waals surface area contributed by atoms with Gasteiger partial charge in [0.05, 0.1) is 6.04 Å². The standard InChI is InChI=1S/C29H36N4O2/c34-27(23-8-9-23)32-15-11-19(17-32)18-33-26(31-29(12-13-29)28(33)35)22-6-3-20(4-7-22)24-10-5-21-2-1-14-30-25(21)16-24/h3-7,10,14,19,21,23-26,31H,1-2,8-9,11-13,15-18H2/t19-,21?,24?,25?,26?/m1/s1. The van der Waals surface area contributed by atoms with E-state index in [1.54, 1.807) is 0 Å². The van der Waals surface area contributed by atoms with Gasteiger partial charge < -0.3 is 9.80 Å². The first-order chi connectivity index (χ1) is 17.1. The third-order valence-corrected chi connectivity index (χ3v) is 9.31. The topological polar surface area (TPSA) is 65.0 Å². The van der Waals surface area contributed by atoms with Crippen LogP contribution in [0.1, 0.15) is 74.6 Å². The van der Waals surface area contributed by atoms with E-state index in [1.807, 2.05) is 4.90 Å². The lowest BCUT2D eigenvalue weighted by Crippen LogP contribution is -2.37. The minimum atomic E-state index is -0.342. The van der Waals surface area contributed by atoms with Crippen LogP contribution in [0, 0.1) is 17.8 Å². The van der Waals surface area contributed by atoms with Gasteiger partial charge in [0, 0.05) is 31.5 Å². The first kappa shape index (κ1) is 21.8. The highest BCUT2D eigenvalue weighted by Gasteiger charge is 2.59. The Hall–Kier alpha value is -2.47. The third kappa shape index (κ3) is 3.94. The second-order valence-corrected chi connectivity index (χ2v) is 11.8. The van der Waals surface area contributed by atoms with Gasteiger partial charge in [0.2, 0.25) is 11.8 Å². The van der Waals surface area contributed by atoms with E-state index in [2.05, 4.69) is 52.8 Å². The Labute approximate surface area is 207 Å². The molecule has 7 rings (SSSR count). The van der Waals surface area contributed by atoms with Gasteiger partial charge in [0.1, 0.15) is 11.7 Å². The van der Waals surface area contributed by atoms with Crippen molar-refractivity contribution in [2.45, 2.75) is 75.0 Å². The maximum atomic E-state index is 13.4. The molecule has 2 amide bonds. The Morgan fingerprint density at radius 2 is 1.86 bits per heavy atom. The molecule has 0 bridgehead atoms. The van der Waals surface area contributed by atoms with Gasteiger partial charge in [-0.2, -0.15) is 0 Å². The Morgan fingerprint density at radius 3 is 2.63 bits per heavy atom. The number of carbonyl (C=O) groups excluding carboxylic acids is 2. The molecule has 2 saturated heterocycles. The van der Waals surface area contributed by atoms with Crippen LogP contribution in [0.15, 0.2) is 41.4 Å². The molecule has 1 aromatic rings. The molecular weight excluding hydrogens is 436 g/mol. The fraction of sp³-hybridized carbons (Fsp3) is 0.621. The van der Waals surface area contributed by atoms with E-state index >= 15 is 0 Å². The van der Waals surface area contributed by atoms with Crippen LogP contribution in [0.3, 0.4) is 0 Å². The van der Waals surface area contributed by atoms with Crippen LogP contribution in [0.25, 0.3) is 0 Å². The molecule has 3 aliphatic carbocycles. The number of nitrogens with one attached hydrogen (secondary N) is 1. The molecule has 1 spiro atoms. The van der Waals surface area contributed by atoms with E-state index in [-0.39, 0.29) is 23.5 Å². The van der Waals surface area contributed by atoms with E-state index in [0.29, 0.717) is 29.7 Å². The Bertz CT molecular complexity index is 1070.